The normalized spacial score (nSPS) is 10.1. The third-order valence-corrected chi connectivity index (χ3v) is 1.97. The molecule has 0 saturated carbocycles. The molecule has 5 nitrogen and oxygen atoms in total. The topological polar surface area (TPSA) is 78.4 Å². The molecule has 0 aliphatic rings. The summed E-state index contributed by atoms with van der Waals surface area (Å²) in [6.07, 6.45) is 0. The summed E-state index contributed by atoms with van der Waals surface area (Å²) in [4.78, 5) is 11.5. The average Bonchev–Trinajstić information content (AvgIpc) is 2.65. The highest BCUT2D eigenvalue weighted by Gasteiger charge is 2.14. The van der Waals surface area contributed by atoms with E-state index in [1.807, 2.05) is 0 Å². The van der Waals surface area contributed by atoms with Crippen LogP contribution in [-0.2, 0) is 0 Å². The fourth-order valence-corrected chi connectivity index (χ4v) is 1.25. The number of nitrogens with two attached hydrogens (primary N) is 1. The minimum atomic E-state index is -0.675. The third-order valence-electron chi connectivity index (χ3n) is 1.74. The van der Waals surface area contributed by atoms with E-state index in [1.54, 1.807) is 18.2 Å². The number of anilines is 1. The van der Waals surface area contributed by atoms with Crippen LogP contribution in [0, 0.1) is 0 Å². The van der Waals surface area contributed by atoms with Crippen LogP contribution in [0.4, 0.5) is 5.82 Å². The summed E-state index contributed by atoms with van der Waals surface area (Å²) < 4.78 is 9.63. The lowest BCUT2D eigenvalue weighted by molar-refractivity contribution is 0.0691. The van der Waals surface area contributed by atoms with Crippen molar-refractivity contribution in [2.24, 2.45) is 0 Å². The number of hydrogen-bond acceptors (Lipinski definition) is 5. The van der Waals surface area contributed by atoms with Crippen LogP contribution in [0.5, 0.6) is 5.75 Å². The molecule has 0 saturated heterocycles. The Morgan fingerprint density at radius 2 is 2.25 bits per heavy atom. The molecule has 2 rings (SSSR count). The van der Waals surface area contributed by atoms with Crippen molar-refractivity contribution >= 4 is 23.4 Å². The second-order valence-corrected chi connectivity index (χ2v) is 3.40. The van der Waals surface area contributed by atoms with E-state index in [1.165, 1.54) is 12.1 Å². The zero-order chi connectivity index (χ0) is 11.5. The third kappa shape index (κ3) is 2.32. The van der Waals surface area contributed by atoms with Gasteiger partial charge in [0, 0.05) is 11.1 Å². The van der Waals surface area contributed by atoms with Crippen molar-refractivity contribution in [2.75, 3.05) is 5.73 Å². The molecule has 0 spiro atoms. The Labute approximate surface area is 95.7 Å². The van der Waals surface area contributed by atoms with Gasteiger partial charge in [0.15, 0.2) is 5.82 Å². The molecule has 0 unspecified atom stereocenters. The minimum Gasteiger partial charge on any atom is -0.421 e. The van der Waals surface area contributed by atoms with Gasteiger partial charge in [-0.3, -0.25) is 0 Å². The number of halogens is 1. The molecule has 2 N–H and O–H groups in total. The van der Waals surface area contributed by atoms with Crippen LogP contribution in [0.25, 0.3) is 0 Å². The molecule has 0 aliphatic heterocycles. The second kappa shape index (κ2) is 4.24. The van der Waals surface area contributed by atoms with Gasteiger partial charge in [-0.2, -0.15) is 0 Å². The van der Waals surface area contributed by atoms with E-state index in [-0.39, 0.29) is 11.6 Å². The summed E-state index contributed by atoms with van der Waals surface area (Å²) >= 11 is 5.73. The van der Waals surface area contributed by atoms with Gasteiger partial charge in [-0.05, 0) is 18.2 Å². The highest BCUT2D eigenvalue weighted by Crippen LogP contribution is 2.18. The van der Waals surface area contributed by atoms with E-state index in [4.69, 9.17) is 22.1 Å². The number of carbonyl (C=O) groups excluding carboxylic acids is 1. The molecule has 1 aromatic carbocycles. The van der Waals surface area contributed by atoms with Crippen LogP contribution in [-0.4, -0.2) is 11.1 Å². The van der Waals surface area contributed by atoms with Crippen LogP contribution in [0.3, 0.4) is 0 Å². The van der Waals surface area contributed by atoms with Gasteiger partial charge in [0.2, 0.25) is 5.76 Å². The Morgan fingerprint density at radius 3 is 2.88 bits per heavy atom. The molecule has 2 aromatic rings. The van der Waals surface area contributed by atoms with Gasteiger partial charge in [-0.1, -0.05) is 22.8 Å². The van der Waals surface area contributed by atoms with Crippen molar-refractivity contribution in [2.45, 2.75) is 0 Å². The van der Waals surface area contributed by atoms with E-state index in [9.17, 15) is 4.79 Å². The first-order valence-corrected chi connectivity index (χ1v) is 4.73. The van der Waals surface area contributed by atoms with Gasteiger partial charge in [0.05, 0.1) is 0 Å². The van der Waals surface area contributed by atoms with Gasteiger partial charge in [-0.25, -0.2) is 4.79 Å². The first-order valence-electron chi connectivity index (χ1n) is 4.35. The number of ether oxygens (including phenoxy) is 1. The number of rotatable bonds is 2. The second-order valence-electron chi connectivity index (χ2n) is 2.96. The van der Waals surface area contributed by atoms with Gasteiger partial charge in [0.1, 0.15) is 5.75 Å². The summed E-state index contributed by atoms with van der Waals surface area (Å²) in [6.45, 7) is 0. The van der Waals surface area contributed by atoms with E-state index in [0.29, 0.717) is 10.8 Å². The number of hydrogen-bond donors (Lipinski definition) is 1. The minimum absolute atomic E-state index is 0.0579. The molecule has 0 atom stereocenters. The lowest BCUT2D eigenvalue weighted by atomic mass is 10.3. The van der Waals surface area contributed by atoms with E-state index in [2.05, 4.69) is 9.68 Å². The first-order chi connectivity index (χ1) is 7.65. The summed E-state index contributed by atoms with van der Waals surface area (Å²) in [5, 5.41) is 3.85. The SMILES string of the molecule is Nc1cc(C(=O)Oc2cccc(Cl)c2)on1. The van der Waals surface area contributed by atoms with Crippen molar-refractivity contribution in [3.8, 4) is 5.75 Å². The molecule has 82 valence electrons. The van der Waals surface area contributed by atoms with E-state index < -0.39 is 5.97 Å². The number of nitrogen functional groups attached to an aromatic ring is 1. The number of carbonyl (C=O) groups is 1. The Balaban J connectivity index is 2.13. The number of esters is 1. The smallest absolute Gasteiger partial charge is 0.382 e. The Hall–Kier alpha value is -2.01. The fourth-order valence-electron chi connectivity index (χ4n) is 1.07. The van der Waals surface area contributed by atoms with Crippen LogP contribution < -0.4 is 10.5 Å². The first kappa shape index (κ1) is 10.5. The van der Waals surface area contributed by atoms with Crippen LogP contribution in [0.1, 0.15) is 10.6 Å². The van der Waals surface area contributed by atoms with Crippen molar-refractivity contribution in [3.63, 3.8) is 0 Å². The van der Waals surface area contributed by atoms with Crippen LogP contribution >= 0.6 is 11.6 Å². The average molecular weight is 239 g/mol. The van der Waals surface area contributed by atoms with Crippen molar-refractivity contribution in [3.05, 3.63) is 41.1 Å². The quantitative estimate of drug-likeness (QED) is 0.641. The number of nitrogens with zero attached hydrogens (tertiary/aromatic N) is 1. The molecule has 0 aliphatic carbocycles. The maximum absolute atomic E-state index is 11.5. The summed E-state index contributed by atoms with van der Waals surface area (Å²) in [5.74, 6) is -0.283. The standard InChI is InChI=1S/C10H7ClN2O3/c11-6-2-1-3-7(4-6)15-10(14)8-5-9(12)13-16-8/h1-5H,(H2,12,13). The van der Waals surface area contributed by atoms with Gasteiger partial charge >= 0.3 is 5.97 Å². The summed E-state index contributed by atoms with van der Waals surface area (Å²) in [7, 11) is 0. The maximum Gasteiger partial charge on any atom is 0.382 e. The monoisotopic (exact) mass is 238 g/mol. The van der Waals surface area contributed by atoms with E-state index in [0.717, 1.165) is 0 Å². The molecular weight excluding hydrogens is 232 g/mol. The molecule has 1 heterocycles. The lowest BCUT2D eigenvalue weighted by Crippen LogP contribution is -2.07. The Morgan fingerprint density at radius 1 is 1.44 bits per heavy atom. The van der Waals surface area contributed by atoms with Crippen LogP contribution in [0.15, 0.2) is 34.9 Å². The number of benzene rings is 1. The van der Waals surface area contributed by atoms with Gasteiger partial charge in [0.25, 0.3) is 0 Å². The van der Waals surface area contributed by atoms with E-state index >= 15 is 0 Å². The van der Waals surface area contributed by atoms with Crippen molar-refractivity contribution < 1.29 is 14.1 Å². The largest absolute Gasteiger partial charge is 0.421 e. The predicted octanol–water partition coefficient (Wildman–Crippen LogP) is 2.13. The van der Waals surface area contributed by atoms with Crippen molar-refractivity contribution in [1.82, 2.24) is 5.16 Å². The van der Waals surface area contributed by atoms with Crippen LogP contribution in [0.2, 0.25) is 5.02 Å². The highest BCUT2D eigenvalue weighted by molar-refractivity contribution is 6.30. The zero-order valence-corrected chi connectivity index (χ0v) is 8.77. The molecule has 0 bridgehead atoms. The molecule has 0 amide bonds. The molecule has 0 radical (unpaired) electrons. The summed E-state index contributed by atoms with van der Waals surface area (Å²) in [5.41, 5.74) is 5.30. The Kier molecular flexibility index (Phi) is 2.78. The molecular formula is C10H7ClN2O3. The summed E-state index contributed by atoms with van der Waals surface area (Å²) in [6, 6.07) is 7.74. The van der Waals surface area contributed by atoms with Crippen molar-refractivity contribution in [1.29, 1.82) is 0 Å². The maximum atomic E-state index is 11.5. The predicted molar refractivity (Wildman–Crippen MR) is 57.3 cm³/mol. The molecule has 0 fully saturated rings. The molecule has 1 aromatic heterocycles. The number of aromatic nitrogens is 1. The molecule has 6 heteroatoms. The zero-order valence-electron chi connectivity index (χ0n) is 8.01. The fraction of sp³-hybridized carbons (Fsp3) is 0. The Bertz CT molecular complexity index is 524. The highest BCUT2D eigenvalue weighted by atomic mass is 35.5. The lowest BCUT2D eigenvalue weighted by Gasteiger charge is -2.01. The van der Waals surface area contributed by atoms with Gasteiger partial charge in [-0.15, -0.1) is 0 Å². The van der Waals surface area contributed by atoms with Gasteiger partial charge < -0.3 is 15.0 Å². The molecule has 16 heavy (non-hydrogen) atoms.